The van der Waals surface area contributed by atoms with E-state index in [1.807, 2.05) is 0 Å². The van der Waals surface area contributed by atoms with Crippen molar-refractivity contribution >= 4 is 0 Å². The molecule has 18 heavy (non-hydrogen) atoms. The number of rotatable bonds is 2. The van der Waals surface area contributed by atoms with Crippen LogP contribution in [-0.2, 0) is 6.54 Å². The van der Waals surface area contributed by atoms with E-state index in [1.165, 1.54) is 37.8 Å². The Morgan fingerprint density at radius 1 is 1.11 bits per heavy atom. The van der Waals surface area contributed by atoms with Crippen LogP contribution < -0.4 is 5.73 Å². The Morgan fingerprint density at radius 3 is 2.22 bits per heavy atom. The molecule has 0 amide bonds. The Kier molecular flexibility index (Phi) is 2.35. The van der Waals surface area contributed by atoms with E-state index in [0.29, 0.717) is 12.5 Å². The average molecular weight is 246 g/mol. The number of hydrogen-bond donors (Lipinski definition) is 1. The quantitative estimate of drug-likeness (QED) is 0.872. The van der Waals surface area contributed by atoms with Gasteiger partial charge in [-0.1, -0.05) is 0 Å². The summed E-state index contributed by atoms with van der Waals surface area (Å²) in [4.78, 5) is 4.68. The lowest BCUT2D eigenvalue weighted by molar-refractivity contribution is -0.00445. The smallest absolute Gasteiger partial charge is 0.208 e. The first-order valence-corrected chi connectivity index (χ1v) is 7.41. The second-order valence-corrected chi connectivity index (χ2v) is 6.71. The molecule has 4 bridgehead atoms. The number of oxazole rings is 1. The van der Waals surface area contributed by atoms with Crippen LogP contribution in [0.25, 0.3) is 0 Å². The third-order valence-electron chi connectivity index (χ3n) is 5.59. The standard InChI is InChI=1S/C15H22N2O/c1-8-15(17-13(7-16)18-8)14-11-3-9-2-10(5-11)6-12(14)4-9/h9-12,14H,2-7,16H2,1H3. The molecule has 4 aliphatic carbocycles. The zero-order chi connectivity index (χ0) is 12.3. The molecular formula is C15H22N2O. The summed E-state index contributed by atoms with van der Waals surface area (Å²) in [7, 11) is 0. The molecule has 0 spiro atoms. The van der Waals surface area contributed by atoms with Crippen LogP contribution in [-0.4, -0.2) is 4.98 Å². The van der Waals surface area contributed by atoms with Crippen LogP contribution >= 0.6 is 0 Å². The highest BCUT2D eigenvalue weighted by Gasteiger charge is 2.49. The van der Waals surface area contributed by atoms with Gasteiger partial charge in [0.05, 0.1) is 12.2 Å². The fourth-order valence-electron chi connectivity index (χ4n) is 5.23. The molecular weight excluding hydrogens is 224 g/mol. The van der Waals surface area contributed by atoms with Crippen molar-refractivity contribution < 1.29 is 4.42 Å². The summed E-state index contributed by atoms with van der Waals surface area (Å²) in [6.45, 7) is 2.49. The fourth-order valence-corrected chi connectivity index (χ4v) is 5.23. The van der Waals surface area contributed by atoms with Gasteiger partial charge in [0, 0.05) is 5.92 Å². The van der Waals surface area contributed by atoms with Crippen LogP contribution in [0, 0.1) is 30.6 Å². The molecule has 2 N–H and O–H groups in total. The molecule has 5 rings (SSSR count). The van der Waals surface area contributed by atoms with Gasteiger partial charge in [0.2, 0.25) is 5.89 Å². The fraction of sp³-hybridized carbons (Fsp3) is 0.800. The van der Waals surface area contributed by atoms with Crippen molar-refractivity contribution in [3.05, 3.63) is 17.3 Å². The lowest BCUT2D eigenvalue weighted by Crippen LogP contribution is -2.44. The van der Waals surface area contributed by atoms with Crippen LogP contribution in [0.3, 0.4) is 0 Å². The van der Waals surface area contributed by atoms with Gasteiger partial charge < -0.3 is 10.2 Å². The third kappa shape index (κ3) is 1.49. The molecule has 1 aromatic rings. The summed E-state index contributed by atoms with van der Waals surface area (Å²) in [5.41, 5.74) is 6.89. The minimum atomic E-state index is 0.425. The molecule has 0 aliphatic heterocycles. The van der Waals surface area contributed by atoms with E-state index in [9.17, 15) is 0 Å². The van der Waals surface area contributed by atoms with E-state index in [0.717, 1.165) is 35.3 Å². The Bertz CT molecular complexity index is 437. The molecule has 0 radical (unpaired) electrons. The van der Waals surface area contributed by atoms with Crippen molar-refractivity contribution in [3.63, 3.8) is 0 Å². The molecule has 1 heterocycles. The Balaban J connectivity index is 1.69. The molecule has 0 unspecified atom stereocenters. The minimum Gasteiger partial charge on any atom is -0.444 e. The summed E-state index contributed by atoms with van der Waals surface area (Å²) in [6, 6.07) is 0. The van der Waals surface area contributed by atoms with Crippen LogP contribution in [0.1, 0.15) is 55.4 Å². The van der Waals surface area contributed by atoms with Gasteiger partial charge >= 0.3 is 0 Å². The number of nitrogens with zero attached hydrogens (tertiary/aromatic N) is 1. The van der Waals surface area contributed by atoms with E-state index in [1.54, 1.807) is 0 Å². The van der Waals surface area contributed by atoms with Crippen LogP contribution in [0.5, 0.6) is 0 Å². The molecule has 3 nitrogen and oxygen atoms in total. The number of aromatic nitrogens is 1. The summed E-state index contributed by atoms with van der Waals surface area (Å²) < 4.78 is 5.68. The summed E-state index contributed by atoms with van der Waals surface area (Å²) in [5, 5.41) is 0. The van der Waals surface area contributed by atoms with Gasteiger partial charge in [0.15, 0.2) is 0 Å². The highest BCUT2D eigenvalue weighted by molar-refractivity contribution is 5.20. The van der Waals surface area contributed by atoms with Gasteiger partial charge in [-0.2, -0.15) is 0 Å². The summed E-state index contributed by atoms with van der Waals surface area (Å²) in [5.74, 6) is 6.19. The third-order valence-corrected chi connectivity index (χ3v) is 5.59. The van der Waals surface area contributed by atoms with Crippen molar-refractivity contribution in [2.24, 2.45) is 29.4 Å². The molecule has 4 aliphatic rings. The van der Waals surface area contributed by atoms with Gasteiger partial charge in [0.1, 0.15) is 5.76 Å². The molecule has 3 heteroatoms. The van der Waals surface area contributed by atoms with E-state index in [-0.39, 0.29) is 0 Å². The predicted octanol–water partition coefficient (Wildman–Crippen LogP) is 2.98. The topological polar surface area (TPSA) is 52.0 Å². The van der Waals surface area contributed by atoms with Crippen LogP contribution in [0.15, 0.2) is 4.42 Å². The van der Waals surface area contributed by atoms with E-state index in [4.69, 9.17) is 10.2 Å². The predicted molar refractivity (Wildman–Crippen MR) is 68.9 cm³/mol. The Hall–Kier alpha value is -0.830. The van der Waals surface area contributed by atoms with Crippen molar-refractivity contribution in [2.75, 3.05) is 0 Å². The normalized spacial score (nSPS) is 41.6. The van der Waals surface area contributed by atoms with E-state index in [2.05, 4.69) is 11.9 Å². The second kappa shape index (κ2) is 3.83. The highest BCUT2D eigenvalue weighted by Crippen LogP contribution is 2.59. The van der Waals surface area contributed by atoms with Crippen molar-refractivity contribution in [2.45, 2.75) is 51.5 Å². The van der Waals surface area contributed by atoms with Gasteiger partial charge in [-0.25, -0.2) is 4.98 Å². The first kappa shape index (κ1) is 11.0. The van der Waals surface area contributed by atoms with Gasteiger partial charge in [-0.3, -0.25) is 0 Å². The molecule has 0 aromatic carbocycles. The monoisotopic (exact) mass is 246 g/mol. The number of nitrogens with two attached hydrogens (primary N) is 1. The summed E-state index contributed by atoms with van der Waals surface area (Å²) >= 11 is 0. The molecule has 0 saturated heterocycles. The Morgan fingerprint density at radius 2 is 1.72 bits per heavy atom. The average Bonchev–Trinajstić information content (AvgIpc) is 2.69. The summed E-state index contributed by atoms with van der Waals surface area (Å²) in [6.07, 6.45) is 7.24. The molecule has 4 fully saturated rings. The first-order chi connectivity index (χ1) is 8.74. The van der Waals surface area contributed by atoms with E-state index >= 15 is 0 Å². The second-order valence-electron chi connectivity index (χ2n) is 6.71. The Labute approximate surface area is 108 Å². The maximum atomic E-state index is 5.68. The first-order valence-electron chi connectivity index (χ1n) is 7.41. The SMILES string of the molecule is Cc1oc(CN)nc1C1C2CC3CC(C2)CC1C3. The van der Waals surface area contributed by atoms with Crippen LogP contribution in [0.2, 0.25) is 0 Å². The van der Waals surface area contributed by atoms with Crippen molar-refractivity contribution in [1.82, 2.24) is 4.98 Å². The lowest BCUT2D eigenvalue weighted by Gasteiger charge is -2.54. The zero-order valence-corrected chi connectivity index (χ0v) is 11.1. The maximum absolute atomic E-state index is 5.68. The maximum Gasteiger partial charge on any atom is 0.208 e. The molecule has 0 atom stereocenters. The highest BCUT2D eigenvalue weighted by atomic mass is 16.4. The van der Waals surface area contributed by atoms with Crippen LogP contribution in [0.4, 0.5) is 0 Å². The zero-order valence-electron chi connectivity index (χ0n) is 11.1. The van der Waals surface area contributed by atoms with Gasteiger partial charge in [-0.15, -0.1) is 0 Å². The van der Waals surface area contributed by atoms with Gasteiger partial charge in [-0.05, 0) is 62.7 Å². The van der Waals surface area contributed by atoms with Gasteiger partial charge in [0.25, 0.3) is 0 Å². The minimum absolute atomic E-state index is 0.425. The lowest BCUT2D eigenvalue weighted by atomic mass is 9.51. The van der Waals surface area contributed by atoms with Crippen molar-refractivity contribution in [1.29, 1.82) is 0 Å². The number of hydrogen-bond acceptors (Lipinski definition) is 3. The molecule has 98 valence electrons. The van der Waals surface area contributed by atoms with E-state index < -0.39 is 0 Å². The molecule has 1 aromatic heterocycles. The largest absolute Gasteiger partial charge is 0.444 e. The van der Waals surface area contributed by atoms with Crippen molar-refractivity contribution in [3.8, 4) is 0 Å². The number of aryl methyl sites for hydroxylation is 1. The molecule has 4 saturated carbocycles.